The van der Waals surface area contributed by atoms with Gasteiger partial charge in [-0.25, -0.2) is 4.98 Å². The Balaban J connectivity index is 2.73. The van der Waals surface area contributed by atoms with Crippen molar-refractivity contribution in [1.82, 2.24) is 4.98 Å². The van der Waals surface area contributed by atoms with Crippen molar-refractivity contribution in [2.24, 2.45) is 5.11 Å². The Morgan fingerprint density at radius 1 is 1.40 bits per heavy atom. The number of hydrogen-bond acceptors (Lipinski definition) is 3. The van der Waals surface area contributed by atoms with Crippen molar-refractivity contribution < 1.29 is 0 Å². The van der Waals surface area contributed by atoms with Crippen LogP contribution in [0.5, 0.6) is 0 Å². The van der Waals surface area contributed by atoms with Crippen LogP contribution in [-0.2, 0) is 5.54 Å². The summed E-state index contributed by atoms with van der Waals surface area (Å²) in [5.74, 6) is 0. The van der Waals surface area contributed by atoms with Crippen LogP contribution in [0.25, 0.3) is 10.4 Å². The Labute approximate surface area is 117 Å². The first-order valence-corrected chi connectivity index (χ1v) is 5.89. The monoisotopic (exact) mass is 259 g/mol. The van der Waals surface area contributed by atoms with Gasteiger partial charge in [0.1, 0.15) is 19.6 Å². The average Bonchev–Trinajstić information content (AvgIpc) is 2.47. The second-order valence-corrected chi connectivity index (χ2v) is 4.40. The molecule has 2 radical (unpaired) electrons. The molecular weight excluding hydrogens is 249 g/mol. The largest absolute Gasteiger partial charge is 0.245 e. The number of hydrogen-bond donors (Lipinski definition) is 0. The van der Waals surface area contributed by atoms with Crippen LogP contribution < -0.4 is 5.46 Å². The van der Waals surface area contributed by atoms with Crippen LogP contribution in [0.3, 0.4) is 0 Å². The van der Waals surface area contributed by atoms with Crippen molar-refractivity contribution in [2.45, 2.75) is 12.5 Å². The molecule has 2 rings (SSSR count). The number of benzene rings is 1. The Morgan fingerprint density at radius 2 is 2.20 bits per heavy atom. The van der Waals surface area contributed by atoms with Gasteiger partial charge in [0.05, 0.1) is 5.54 Å². The maximum absolute atomic E-state index is 9.18. The van der Waals surface area contributed by atoms with E-state index in [-0.39, 0.29) is 5.69 Å². The van der Waals surface area contributed by atoms with Crippen LogP contribution in [0.15, 0.2) is 47.7 Å². The molecule has 1 heterocycles. The van der Waals surface area contributed by atoms with Gasteiger partial charge in [0.2, 0.25) is 0 Å². The molecule has 94 valence electrons. The van der Waals surface area contributed by atoms with Crippen molar-refractivity contribution in [3.8, 4) is 6.07 Å². The van der Waals surface area contributed by atoms with E-state index in [0.717, 1.165) is 0 Å². The summed E-state index contributed by atoms with van der Waals surface area (Å²) in [6, 6.07) is 12.5. The van der Waals surface area contributed by atoms with E-state index in [1.54, 1.807) is 43.3 Å². The molecule has 0 saturated carbocycles. The second-order valence-electron chi connectivity index (χ2n) is 4.40. The zero-order valence-electron chi connectivity index (χ0n) is 10.9. The van der Waals surface area contributed by atoms with Crippen LogP contribution in [-0.4, -0.2) is 12.8 Å². The van der Waals surface area contributed by atoms with Gasteiger partial charge in [-0.1, -0.05) is 40.9 Å². The Morgan fingerprint density at radius 3 is 2.85 bits per heavy atom. The van der Waals surface area contributed by atoms with E-state index in [9.17, 15) is 5.26 Å². The van der Waals surface area contributed by atoms with E-state index in [1.165, 1.54) is 6.20 Å². The average molecular weight is 259 g/mol. The summed E-state index contributed by atoms with van der Waals surface area (Å²) < 4.78 is 0. The molecule has 1 atom stereocenters. The molecule has 2 aromatic rings. The molecule has 0 aliphatic rings. The SMILES string of the molecule is [B]c1cccc(C(C)(N=[N+]=[N-])c2cccnc2C#N)c1. The summed E-state index contributed by atoms with van der Waals surface area (Å²) in [7, 11) is 5.78. The van der Waals surface area contributed by atoms with Gasteiger partial charge in [0.25, 0.3) is 0 Å². The minimum Gasteiger partial charge on any atom is -0.245 e. The highest BCUT2D eigenvalue weighted by Crippen LogP contribution is 2.34. The lowest BCUT2D eigenvalue weighted by Gasteiger charge is -2.26. The predicted molar refractivity (Wildman–Crippen MR) is 76.4 cm³/mol. The Hall–Kier alpha value is -2.77. The highest BCUT2D eigenvalue weighted by molar-refractivity contribution is 6.32. The topological polar surface area (TPSA) is 85.4 Å². The first kappa shape index (κ1) is 13.7. The molecule has 0 aliphatic heterocycles. The smallest absolute Gasteiger partial charge is 0.144 e. The lowest BCUT2D eigenvalue weighted by molar-refractivity contribution is 0.594. The summed E-state index contributed by atoms with van der Waals surface area (Å²) >= 11 is 0. The van der Waals surface area contributed by atoms with Gasteiger partial charge >= 0.3 is 0 Å². The highest BCUT2D eigenvalue weighted by Gasteiger charge is 2.30. The van der Waals surface area contributed by atoms with Gasteiger partial charge in [0, 0.05) is 16.7 Å². The highest BCUT2D eigenvalue weighted by atomic mass is 15.2. The maximum atomic E-state index is 9.18. The van der Waals surface area contributed by atoms with Gasteiger partial charge < -0.3 is 0 Å². The Bertz CT molecular complexity index is 730. The van der Waals surface area contributed by atoms with Crippen molar-refractivity contribution >= 4 is 13.3 Å². The minimum absolute atomic E-state index is 0.227. The third kappa shape index (κ3) is 2.35. The lowest BCUT2D eigenvalue weighted by atomic mass is 9.82. The molecule has 0 N–H and O–H groups in total. The van der Waals surface area contributed by atoms with E-state index in [1.807, 2.05) is 6.07 Å². The standard InChI is InChI=1S/C14H10BN5/c1-14(19-20-17,10-4-2-5-11(15)8-10)12-6-3-7-18-13(12)9-16/h2-8H,1H3. The third-order valence-corrected chi connectivity index (χ3v) is 3.13. The summed E-state index contributed by atoms with van der Waals surface area (Å²) in [6.45, 7) is 1.74. The number of nitriles is 1. The van der Waals surface area contributed by atoms with E-state index in [2.05, 4.69) is 15.0 Å². The zero-order chi connectivity index (χ0) is 14.6. The predicted octanol–water partition coefficient (Wildman–Crippen LogP) is 2.32. The molecule has 1 unspecified atom stereocenters. The van der Waals surface area contributed by atoms with Crippen LogP contribution in [0, 0.1) is 11.3 Å². The van der Waals surface area contributed by atoms with E-state index in [0.29, 0.717) is 16.6 Å². The molecule has 6 heteroatoms. The number of pyridine rings is 1. The third-order valence-electron chi connectivity index (χ3n) is 3.13. The van der Waals surface area contributed by atoms with Crippen LogP contribution in [0.4, 0.5) is 0 Å². The molecule has 0 fully saturated rings. The Kier molecular flexibility index (Phi) is 3.74. The molecule has 0 amide bonds. The van der Waals surface area contributed by atoms with E-state index in [4.69, 9.17) is 13.4 Å². The summed E-state index contributed by atoms with van der Waals surface area (Å²) in [4.78, 5) is 6.93. The first-order valence-electron chi connectivity index (χ1n) is 5.89. The van der Waals surface area contributed by atoms with Gasteiger partial charge in [-0.05, 0) is 24.1 Å². The number of aromatic nitrogens is 1. The molecule has 0 bridgehead atoms. The minimum atomic E-state index is -1.04. The zero-order valence-corrected chi connectivity index (χ0v) is 10.9. The van der Waals surface area contributed by atoms with Crippen molar-refractivity contribution in [3.63, 3.8) is 0 Å². The maximum Gasteiger partial charge on any atom is 0.144 e. The van der Waals surface area contributed by atoms with Gasteiger partial charge in [-0.3, -0.25) is 0 Å². The molecule has 1 aromatic heterocycles. The molecule has 0 aliphatic carbocycles. The first-order chi connectivity index (χ1) is 9.61. The summed E-state index contributed by atoms with van der Waals surface area (Å²) in [5.41, 5.74) is 9.88. The number of azide groups is 1. The number of nitrogens with zero attached hydrogens (tertiary/aromatic N) is 5. The van der Waals surface area contributed by atoms with E-state index < -0.39 is 5.54 Å². The van der Waals surface area contributed by atoms with Gasteiger partial charge in [0.15, 0.2) is 0 Å². The van der Waals surface area contributed by atoms with Crippen LogP contribution >= 0.6 is 0 Å². The fourth-order valence-electron chi connectivity index (χ4n) is 2.09. The fraction of sp³-hybridized carbons (Fsp3) is 0.143. The van der Waals surface area contributed by atoms with Crippen LogP contribution in [0.1, 0.15) is 23.7 Å². The summed E-state index contributed by atoms with van der Waals surface area (Å²) in [5, 5.41) is 13.1. The van der Waals surface area contributed by atoms with Crippen molar-refractivity contribution in [2.75, 3.05) is 0 Å². The van der Waals surface area contributed by atoms with Gasteiger partial charge in [-0.2, -0.15) is 5.26 Å². The lowest BCUT2D eigenvalue weighted by Crippen LogP contribution is -2.23. The van der Waals surface area contributed by atoms with Crippen molar-refractivity contribution in [1.29, 1.82) is 5.26 Å². The number of rotatable bonds is 3. The van der Waals surface area contributed by atoms with Crippen molar-refractivity contribution in [3.05, 3.63) is 69.9 Å². The fourth-order valence-corrected chi connectivity index (χ4v) is 2.09. The van der Waals surface area contributed by atoms with Gasteiger partial charge in [-0.15, -0.1) is 0 Å². The molecule has 5 nitrogen and oxygen atoms in total. The molecule has 1 aromatic carbocycles. The van der Waals surface area contributed by atoms with E-state index >= 15 is 0 Å². The molecular formula is C14H10BN5. The molecule has 0 spiro atoms. The molecule has 0 saturated heterocycles. The normalized spacial score (nSPS) is 12.8. The quantitative estimate of drug-likeness (QED) is 0.366. The van der Waals surface area contributed by atoms with Crippen LogP contribution in [0.2, 0.25) is 0 Å². The second kappa shape index (κ2) is 5.47. The molecule has 20 heavy (non-hydrogen) atoms. The summed E-state index contributed by atoms with van der Waals surface area (Å²) in [6.07, 6.45) is 1.53.